The number of thiazole rings is 1. The molecule has 2 N–H and O–H groups in total. The summed E-state index contributed by atoms with van der Waals surface area (Å²) in [5.41, 5.74) is 3.75. The van der Waals surface area contributed by atoms with E-state index in [1.165, 1.54) is 11.3 Å². The zero-order chi connectivity index (χ0) is 17.2. The molecule has 0 saturated carbocycles. The number of benzene rings is 1. The second kappa shape index (κ2) is 6.49. The fraction of sp³-hybridized carbons (Fsp3) is 0.105. The van der Waals surface area contributed by atoms with Gasteiger partial charge in [0, 0.05) is 23.3 Å². The van der Waals surface area contributed by atoms with Crippen LogP contribution in [0, 0.1) is 6.92 Å². The summed E-state index contributed by atoms with van der Waals surface area (Å²) in [6, 6.07) is 13.7. The molecule has 0 aliphatic carbocycles. The summed E-state index contributed by atoms with van der Waals surface area (Å²) in [7, 11) is 0. The van der Waals surface area contributed by atoms with Gasteiger partial charge in [-0.3, -0.25) is 9.78 Å². The minimum absolute atomic E-state index is 0.0777. The summed E-state index contributed by atoms with van der Waals surface area (Å²) in [6.07, 6.45) is 3.95. The Morgan fingerprint density at radius 3 is 2.88 bits per heavy atom. The Morgan fingerprint density at radius 1 is 1.20 bits per heavy atom. The van der Waals surface area contributed by atoms with Crippen molar-refractivity contribution in [2.75, 3.05) is 5.32 Å². The van der Waals surface area contributed by atoms with Crippen molar-refractivity contribution in [1.82, 2.24) is 15.0 Å². The zero-order valence-corrected chi connectivity index (χ0v) is 14.4. The summed E-state index contributed by atoms with van der Waals surface area (Å²) in [5, 5.41) is 4.57. The van der Waals surface area contributed by atoms with Crippen LogP contribution in [0.1, 0.15) is 11.3 Å². The lowest BCUT2D eigenvalue weighted by Gasteiger charge is -2.01. The Bertz CT molecular complexity index is 1040. The van der Waals surface area contributed by atoms with Gasteiger partial charge in [-0.25, -0.2) is 4.98 Å². The molecular weight excluding hydrogens is 332 g/mol. The molecule has 1 amide bonds. The highest BCUT2D eigenvalue weighted by molar-refractivity contribution is 7.19. The molecule has 0 aliphatic heterocycles. The van der Waals surface area contributed by atoms with Crippen molar-refractivity contribution < 1.29 is 4.79 Å². The molecule has 6 heteroatoms. The van der Waals surface area contributed by atoms with Crippen LogP contribution in [-0.4, -0.2) is 20.9 Å². The van der Waals surface area contributed by atoms with Crippen LogP contribution in [0.15, 0.2) is 54.9 Å². The molecule has 0 saturated heterocycles. The molecule has 0 atom stereocenters. The Hall–Kier alpha value is -2.99. The molecule has 1 aromatic carbocycles. The molecule has 0 bridgehead atoms. The number of nitrogens with one attached hydrogen (secondary N) is 2. The summed E-state index contributed by atoms with van der Waals surface area (Å²) in [4.78, 5) is 25.4. The third-order valence-electron chi connectivity index (χ3n) is 3.97. The Labute approximate surface area is 148 Å². The first-order valence-corrected chi connectivity index (χ1v) is 8.76. The quantitative estimate of drug-likeness (QED) is 0.581. The van der Waals surface area contributed by atoms with E-state index in [4.69, 9.17) is 0 Å². The van der Waals surface area contributed by atoms with Crippen LogP contribution in [0.3, 0.4) is 0 Å². The van der Waals surface area contributed by atoms with Crippen molar-refractivity contribution >= 4 is 33.3 Å². The van der Waals surface area contributed by atoms with Crippen LogP contribution in [0.25, 0.3) is 21.5 Å². The number of carbonyl (C=O) groups excluding carboxylic acids is 1. The molecular formula is C19H16N4OS. The minimum Gasteiger partial charge on any atom is -0.361 e. The van der Waals surface area contributed by atoms with Crippen molar-refractivity contribution in [2.24, 2.45) is 0 Å². The lowest BCUT2D eigenvalue weighted by atomic mass is 10.1. The van der Waals surface area contributed by atoms with Crippen molar-refractivity contribution in [3.63, 3.8) is 0 Å². The molecule has 0 spiro atoms. The molecule has 0 unspecified atom stereocenters. The van der Waals surface area contributed by atoms with Crippen molar-refractivity contribution in [3.8, 4) is 10.6 Å². The van der Waals surface area contributed by atoms with Gasteiger partial charge < -0.3 is 10.3 Å². The first kappa shape index (κ1) is 15.5. The summed E-state index contributed by atoms with van der Waals surface area (Å²) >= 11 is 1.44. The summed E-state index contributed by atoms with van der Waals surface area (Å²) in [5.74, 6) is -0.0777. The van der Waals surface area contributed by atoms with Crippen LogP contribution < -0.4 is 5.32 Å². The van der Waals surface area contributed by atoms with E-state index in [0.29, 0.717) is 11.6 Å². The number of anilines is 1. The van der Waals surface area contributed by atoms with Crippen LogP contribution in [0.5, 0.6) is 0 Å². The first-order valence-electron chi connectivity index (χ1n) is 7.94. The summed E-state index contributed by atoms with van der Waals surface area (Å²) < 4.78 is 0. The Balaban J connectivity index is 1.52. The third kappa shape index (κ3) is 3.16. The molecule has 3 heterocycles. The van der Waals surface area contributed by atoms with Gasteiger partial charge in [0.25, 0.3) is 0 Å². The number of hydrogen-bond donors (Lipinski definition) is 2. The maximum absolute atomic E-state index is 12.4. The fourth-order valence-electron chi connectivity index (χ4n) is 2.80. The average molecular weight is 348 g/mol. The Morgan fingerprint density at radius 2 is 2.04 bits per heavy atom. The third-order valence-corrected chi connectivity index (χ3v) is 5.06. The lowest BCUT2D eigenvalue weighted by molar-refractivity contribution is -0.115. The van der Waals surface area contributed by atoms with Crippen molar-refractivity contribution in [2.45, 2.75) is 13.3 Å². The number of para-hydroxylation sites is 1. The number of pyridine rings is 1. The highest BCUT2D eigenvalue weighted by Gasteiger charge is 2.14. The van der Waals surface area contributed by atoms with E-state index in [9.17, 15) is 4.79 Å². The minimum atomic E-state index is -0.0777. The molecule has 25 heavy (non-hydrogen) atoms. The SMILES string of the molecule is Cc1nc(NC(=O)Cc2c[nH]c3ccccc23)sc1-c1ccccn1. The number of hydrogen-bond acceptors (Lipinski definition) is 4. The average Bonchev–Trinajstić information content (AvgIpc) is 3.19. The van der Waals surface area contributed by atoms with Gasteiger partial charge in [-0.1, -0.05) is 35.6 Å². The highest BCUT2D eigenvalue weighted by Crippen LogP contribution is 2.31. The predicted molar refractivity (Wildman–Crippen MR) is 101 cm³/mol. The van der Waals surface area contributed by atoms with E-state index in [0.717, 1.165) is 32.7 Å². The van der Waals surface area contributed by atoms with Crippen LogP contribution in [0.2, 0.25) is 0 Å². The van der Waals surface area contributed by atoms with Gasteiger partial charge in [-0.05, 0) is 30.7 Å². The monoisotopic (exact) mass is 348 g/mol. The van der Waals surface area contributed by atoms with Gasteiger partial charge in [0.15, 0.2) is 5.13 Å². The largest absolute Gasteiger partial charge is 0.361 e. The van der Waals surface area contributed by atoms with Crippen LogP contribution in [-0.2, 0) is 11.2 Å². The van der Waals surface area contributed by atoms with E-state index < -0.39 is 0 Å². The molecule has 0 radical (unpaired) electrons. The maximum Gasteiger partial charge on any atom is 0.230 e. The standard InChI is InChI=1S/C19H16N4OS/c1-12-18(16-8-4-5-9-20-16)25-19(22-12)23-17(24)10-13-11-21-15-7-3-2-6-14(13)15/h2-9,11,21H,10H2,1H3,(H,22,23,24). The number of nitrogens with zero attached hydrogens (tertiary/aromatic N) is 2. The van der Waals surface area contributed by atoms with Crippen molar-refractivity contribution in [3.05, 3.63) is 66.1 Å². The normalized spacial score (nSPS) is 10.9. The van der Waals surface area contributed by atoms with E-state index in [2.05, 4.69) is 20.3 Å². The van der Waals surface area contributed by atoms with E-state index in [1.807, 2.05) is 55.6 Å². The molecule has 3 aromatic heterocycles. The molecule has 5 nitrogen and oxygen atoms in total. The number of amides is 1. The number of carbonyl (C=O) groups is 1. The highest BCUT2D eigenvalue weighted by atomic mass is 32.1. The van der Waals surface area contributed by atoms with Gasteiger partial charge >= 0.3 is 0 Å². The zero-order valence-electron chi connectivity index (χ0n) is 13.6. The van der Waals surface area contributed by atoms with Crippen LogP contribution in [0.4, 0.5) is 5.13 Å². The maximum atomic E-state index is 12.4. The number of aromatic amines is 1. The van der Waals surface area contributed by atoms with Crippen molar-refractivity contribution in [1.29, 1.82) is 0 Å². The lowest BCUT2D eigenvalue weighted by Crippen LogP contribution is -2.13. The van der Waals surface area contributed by atoms with Crippen LogP contribution >= 0.6 is 11.3 Å². The predicted octanol–water partition coefficient (Wildman–Crippen LogP) is 4.18. The molecule has 0 fully saturated rings. The van der Waals surface area contributed by atoms with Gasteiger partial charge in [0.1, 0.15) is 0 Å². The van der Waals surface area contributed by atoms with E-state index >= 15 is 0 Å². The second-order valence-electron chi connectivity index (χ2n) is 5.73. The molecule has 4 aromatic rings. The number of fused-ring (bicyclic) bond motifs is 1. The number of aryl methyl sites for hydroxylation is 1. The van der Waals surface area contributed by atoms with Gasteiger partial charge in [-0.2, -0.15) is 0 Å². The molecule has 4 rings (SSSR count). The molecule has 124 valence electrons. The smallest absolute Gasteiger partial charge is 0.230 e. The van der Waals surface area contributed by atoms with Gasteiger partial charge in [0.2, 0.25) is 5.91 Å². The second-order valence-corrected chi connectivity index (χ2v) is 6.73. The number of aromatic nitrogens is 3. The van der Waals surface area contributed by atoms with Gasteiger partial charge in [-0.15, -0.1) is 0 Å². The van der Waals surface area contributed by atoms with E-state index in [1.54, 1.807) is 6.20 Å². The Kier molecular flexibility index (Phi) is 4.03. The number of rotatable bonds is 4. The first-order chi connectivity index (χ1) is 12.2. The molecule has 0 aliphatic rings. The van der Waals surface area contributed by atoms with Gasteiger partial charge in [0.05, 0.1) is 22.7 Å². The topological polar surface area (TPSA) is 70.7 Å². The summed E-state index contributed by atoms with van der Waals surface area (Å²) in [6.45, 7) is 1.93. The van der Waals surface area contributed by atoms with E-state index in [-0.39, 0.29) is 5.91 Å². The fourth-order valence-corrected chi connectivity index (χ4v) is 3.76. The number of H-pyrrole nitrogens is 1.